The fourth-order valence-corrected chi connectivity index (χ4v) is 5.57. The third kappa shape index (κ3) is 8.46. The minimum atomic E-state index is -0.743. The Balaban J connectivity index is 1.38. The molecule has 0 spiro atoms. The maximum absolute atomic E-state index is 10.3. The molecule has 44 heavy (non-hydrogen) atoms. The molecule has 232 valence electrons. The lowest BCUT2D eigenvalue weighted by Gasteiger charge is -2.36. The Kier molecular flexibility index (Phi) is 12.8. The summed E-state index contributed by atoms with van der Waals surface area (Å²) in [6.45, 7) is 7.47. The van der Waals surface area contributed by atoms with Crippen LogP contribution in [-0.2, 0) is 26.4 Å². The molecule has 0 unspecified atom stereocenters. The van der Waals surface area contributed by atoms with Crippen LogP contribution in [0.1, 0.15) is 55.9 Å². The van der Waals surface area contributed by atoms with Crippen LogP contribution < -0.4 is 4.74 Å². The zero-order chi connectivity index (χ0) is 31.2. The van der Waals surface area contributed by atoms with E-state index in [-0.39, 0.29) is 25.4 Å². The minimum absolute atomic E-state index is 0.0180. The van der Waals surface area contributed by atoms with Gasteiger partial charge in [0.05, 0.1) is 19.8 Å². The van der Waals surface area contributed by atoms with Crippen molar-refractivity contribution in [2.75, 3.05) is 27.1 Å². The van der Waals surface area contributed by atoms with Gasteiger partial charge in [0.2, 0.25) is 0 Å². The first-order chi connectivity index (χ1) is 21.5. The van der Waals surface area contributed by atoms with Crippen LogP contribution >= 0.6 is 0 Å². The molecule has 0 bridgehead atoms. The lowest BCUT2D eigenvalue weighted by Crippen LogP contribution is -2.33. The predicted octanol–water partition coefficient (Wildman–Crippen LogP) is 8.31. The Bertz CT molecular complexity index is 1300. The zero-order valence-electron chi connectivity index (χ0n) is 26.4. The van der Waals surface area contributed by atoms with E-state index in [9.17, 15) is 5.11 Å². The van der Waals surface area contributed by atoms with Crippen molar-refractivity contribution in [2.45, 2.75) is 51.9 Å². The van der Waals surface area contributed by atoms with Crippen molar-refractivity contribution in [3.05, 3.63) is 149 Å². The van der Waals surface area contributed by atoms with Crippen molar-refractivity contribution >= 4 is 0 Å². The second-order valence-corrected chi connectivity index (χ2v) is 11.1. The van der Waals surface area contributed by atoms with Crippen LogP contribution in [0.4, 0.5) is 0 Å². The first kappa shape index (κ1) is 33.2. The lowest BCUT2D eigenvalue weighted by molar-refractivity contribution is -0.0807. The van der Waals surface area contributed by atoms with E-state index in [0.29, 0.717) is 13.2 Å². The Morgan fingerprint density at radius 3 is 1.73 bits per heavy atom. The Hall–Kier alpha value is -3.74. The van der Waals surface area contributed by atoms with E-state index in [4.69, 9.17) is 18.9 Å². The van der Waals surface area contributed by atoms with E-state index in [1.54, 1.807) is 7.11 Å². The van der Waals surface area contributed by atoms with Gasteiger partial charge < -0.3 is 24.1 Å². The van der Waals surface area contributed by atoms with Crippen LogP contribution in [0, 0.1) is 5.92 Å². The Labute approximate surface area is 263 Å². The summed E-state index contributed by atoms with van der Waals surface area (Å²) >= 11 is 0. The van der Waals surface area contributed by atoms with Gasteiger partial charge in [-0.25, -0.2) is 0 Å². The van der Waals surface area contributed by atoms with Crippen LogP contribution in [0.15, 0.2) is 126 Å². The van der Waals surface area contributed by atoms with Crippen LogP contribution in [0.25, 0.3) is 0 Å². The molecule has 2 atom stereocenters. The highest BCUT2D eigenvalue weighted by Crippen LogP contribution is 2.40. The average Bonchev–Trinajstić information content (AvgIpc) is 3.09. The van der Waals surface area contributed by atoms with Gasteiger partial charge in [0, 0.05) is 19.1 Å². The number of benzene rings is 4. The highest BCUT2D eigenvalue weighted by atomic mass is 16.7. The van der Waals surface area contributed by atoms with E-state index >= 15 is 0 Å². The van der Waals surface area contributed by atoms with Crippen LogP contribution in [0.5, 0.6) is 5.75 Å². The van der Waals surface area contributed by atoms with Crippen LogP contribution in [0.3, 0.4) is 0 Å². The van der Waals surface area contributed by atoms with E-state index in [0.717, 1.165) is 52.0 Å². The number of hydrogen-bond acceptors (Lipinski definition) is 5. The second kappa shape index (κ2) is 16.9. The van der Waals surface area contributed by atoms with Crippen molar-refractivity contribution in [3.63, 3.8) is 0 Å². The molecule has 5 heteroatoms. The van der Waals surface area contributed by atoms with Crippen molar-refractivity contribution in [1.82, 2.24) is 0 Å². The van der Waals surface area contributed by atoms with Crippen molar-refractivity contribution in [2.24, 2.45) is 5.92 Å². The number of rotatable bonds is 17. The molecule has 0 aliphatic rings. The van der Waals surface area contributed by atoms with Gasteiger partial charge in [-0.15, -0.1) is 0 Å². The third-order valence-electron chi connectivity index (χ3n) is 8.45. The molecule has 0 aromatic heterocycles. The first-order valence-electron chi connectivity index (χ1n) is 15.4. The molecule has 0 aliphatic heterocycles. The number of hydrogen-bond donors (Lipinski definition) is 1. The fraction of sp³-hybridized carbons (Fsp3) is 0.333. The quantitative estimate of drug-likeness (QED) is 0.0577. The summed E-state index contributed by atoms with van der Waals surface area (Å²) in [4.78, 5) is 0. The summed E-state index contributed by atoms with van der Waals surface area (Å²) < 4.78 is 23.9. The van der Waals surface area contributed by atoms with Gasteiger partial charge in [-0.05, 0) is 73.6 Å². The maximum atomic E-state index is 10.3. The maximum Gasteiger partial charge on any atom is 0.147 e. The molecule has 5 nitrogen and oxygen atoms in total. The molecule has 4 aromatic rings. The lowest BCUT2D eigenvalue weighted by atomic mass is 9.80. The third-order valence-corrected chi connectivity index (χ3v) is 8.45. The summed E-state index contributed by atoms with van der Waals surface area (Å²) in [6.07, 6.45) is 1.47. The van der Waals surface area contributed by atoms with Gasteiger partial charge in [-0.1, -0.05) is 109 Å². The minimum Gasteiger partial charge on any atom is -0.497 e. The van der Waals surface area contributed by atoms with Gasteiger partial charge in [0.25, 0.3) is 0 Å². The number of aliphatic hydroxyl groups is 1. The predicted molar refractivity (Wildman–Crippen MR) is 177 cm³/mol. The highest BCUT2D eigenvalue weighted by Gasteiger charge is 2.37. The van der Waals surface area contributed by atoms with Gasteiger partial charge in [0.15, 0.2) is 0 Å². The molecule has 0 saturated heterocycles. The molecule has 4 rings (SSSR count). The molecule has 4 aromatic carbocycles. The molecule has 0 aliphatic carbocycles. The Morgan fingerprint density at radius 1 is 0.727 bits per heavy atom. The van der Waals surface area contributed by atoms with E-state index in [1.165, 1.54) is 0 Å². The zero-order valence-corrected chi connectivity index (χ0v) is 26.4. The van der Waals surface area contributed by atoms with E-state index in [2.05, 4.69) is 86.6 Å². The molecular formula is C39H46O5. The van der Waals surface area contributed by atoms with E-state index < -0.39 is 5.60 Å². The Morgan fingerprint density at radius 2 is 1.25 bits per heavy atom. The SMILES string of the molecule is COc1ccc(COCO[C@H](C)/C(C)=C(\C)[C@@H](CO)CCCOC(c2ccccc2)(c2ccccc2)c2ccccc2)cc1. The number of aliphatic hydroxyl groups excluding tert-OH is 1. The molecule has 1 N–H and O–H groups in total. The van der Waals surface area contributed by atoms with Gasteiger partial charge in [-0.3, -0.25) is 0 Å². The molecule has 0 radical (unpaired) electrons. The summed E-state index contributed by atoms with van der Waals surface area (Å²) in [7, 11) is 1.65. The van der Waals surface area contributed by atoms with E-state index in [1.807, 2.05) is 49.4 Å². The fourth-order valence-electron chi connectivity index (χ4n) is 5.57. The molecule has 0 heterocycles. The standard InChI is InChI=1S/C39H46O5/c1-30(32(3)43-29-42-28-33-22-24-38(41-4)25-23-33)31(2)34(27-40)15-14-26-44-39(35-16-8-5-9-17-35,36-18-10-6-11-19-36)37-20-12-7-13-21-37/h5-13,16-25,32,34,40H,14-15,26-29H2,1-4H3/b31-30+/t32-,34-/m1/s1. The summed E-state index contributed by atoms with van der Waals surface area (Å²) in [5, 5.41) is 10.3. The first-order valence-corrected chi connectivity index (χ1v) is 15.4. The molecule has 0 fully saturated rings. The molecule has 0 amide bonds. The monoisotopic (exact) mass is 594 g/mol. The summed E-state index contributed by atoms with van der Waals surface area (Å²) in [6, 6.07) is 39.1. The largest absolute Gasteiger partial charge is 0.497 e. The summed E-state index contributed by atoms with van der Waals surface area (Å²) in [5.41, 5.74) is 5.84. The van der Waals surface area contributed by atoms with Gasteiger partial charge in [-0.2, -0.15) is 0 Å². The highest BCUT2D eigenvalue weighted by molar-refractivity contribution is 5.47. The summed E-state index contributed by atoms with van der Waals surface area (Å²) in [5.74, 6) is 0.840. The van der Waals surface area contributed by atoms with Crippen molar-refractivity contribution in [1.29, 1.82) is 0 Å². The normalized spacial score (nSPS) is 13.7. The van der Waals surface area contributed by atoms with Gasteiger partial charge in [0.1, 0.15) is 18.1 Å². The molecular weight excluding hydrogens is 548 g/mol. The smallest absolute Gasteiger partial charge is 0.147 e. The number of methoxy groups -OCH3 is 1. The van der Waals surface area contributed by atoms with Crippen LogP contribution in [-0.4, -0.2) is 38.3 Å². The van der Waals surface area contributed by atoms with Crippen molar-refractivity contribution < 1.29 is 24.1 Å². The van der Waals surface area contributed by atoms with Gasteiger partial charge >= 0.3 is 0 Å². The topological polar surface area (TPSA) is 57.2 Å². The second-order valence-electron chi connectivity index (χ2n) is 11.1. The average molecular weight is 595 g/mol. The van der Waals surface area contributed by atoms with Crippen LogP contribution in [0.2, 0.25) is 0 Å². The van der Waals surface area contributed by atoms with Crippen molar-refractivity contribution in [3.8, 4) is 5.75 Å². The molecule has 0 saturated carbocycles. The number of ether oxygens (including phenoxy) is 4.